The van der Waals surface area contributed by atoms with Crippen LogP contribution in [0, 0.1) is 5.82 Å². The number of carboxylic acid groups (broad SMARTS) is 1. The van der Waals surface area contributed by atoms with Gasteiger partial charge < -0.3 is 23.6 Å². The third-order valence-corrected chi connectivity index (χ3v) is 7.73. The average Bonchev–Trinajstić information content (AvgIpc) is 3.71. The Bertz CT molecular complexity index is 2010. The molecule has 0 fully saturated rings. The minimum atomic E-state index is -1.35. The van der Waals surface area contributed by atoms with E-state index in [0.717, 1.165) is 22.5 Å². The summed E-state index contributed by atoms with van der Waals surface area (Å²) in [5, 5.41) is 9.82. The highest BCUT2D eigenvalue weighted by atomic mass is 35.5. The summed E-state index contributed by atoms with van der Waals surface area (Å²) in [5.41, 5.74) is 4.51. The standard InChI is InChI=1S/C33H23ClFN3O5/c1-33(25-11-10-22(34)15-26(25)35)42-29-4-2-3-24(31(29)43-33)20-7-5-19(6-8-20)13-30-37-27-12-9-21(32(39)40)14-28(27)38(30)17-23-16-36-18-41-23/h2-12,14-16,18H,13,17H2,1H3,(H,39,40). The highest BCUT2D eigenvalue weighted by Gasteiger charge is 2.42. The molecular formula is C33H23ClFN3O5. The summed E-state index contributed by atoms with van der Waals surface area (Å²) in [5.74, 6) is -0.456. The number of fused-ring (bicyclic) bond motifs is 2. The Morgan fingerprint density at radius 1 is 1.05 bits per heavy atom. The lowest BCUT2D eigenvalue weighted by atomic mass is 10.0. The molecule has 0 saturated heterocycles. The second kappa shape index (κ2) is 10.3. The maximum absolute atomic E-state index is 14.8. The number of aromatic nitrogens is 3. The predicted molar refractivity (Wildman–Crippen MR) is 157 cm³/mol. The monoisotopic (exact) mass is 595 g/mol. The second-order valence-electron chi connectivity index (χ2n) is 10.4. The summed E-state index contributed by atoms with van der Waals surface area (Å²) in [6.07, 6.45) is 3.48. The summed E-state index contributed by atoms with van der Waals surface area (Å²) in [4.78, 5) is 20.4. The largest absolute Gasteiger partial charge is 0.478 e. The van der Waals surface area contributed by atoms with Crippen molar-refractivity contribution in [2.24, 2.45) is 0 Å². The summed E-state index contributed by atoms with van der Waals surface area (Å²) in [7, 11) is 0. The van der Waals surface area contributed by atoms with Gasteiger partial charge >= 0.3 is 5.97 Å². The minimum Gasteiger partial charge on any atom is -0.478 e. The molecule has 0 aliphatic carbocycles. The summed E-state index contributed by atoms with van der Waals surface area (Å²) in [6.45, 7) is 2.03. The number of carbonyl (C=O) groups is 1. The van der Waals surface area contributed by atoms with Crippen molar-refractivity contribution in [2.75, 3.05) is 0 Å². The quantitative estimate of drug-likeness (QED) is 0.204. The Labute approximate surface area is 249 Å². The van der Waals surface area contributed by atoms with E-state index in [0.29, 0.717) is 46.3 Å². The van der Waals surface area contributed by atoms with Crippen LogP contribution in [-0.2, 0) is 18.8 Å². The van der Waals surface area contributed by atoms with Gasteiger partial charge in [0.2, 0.25) is 0 Å². The third-order valence-electron chi connectivity index (χ3n) is 7.50. The lowest BCUT2D eigenvalue weighted by Crippen LogP contribution is -2.32. The molecule has 1 aliphatic heterocycles. The van der Waals surface area contributed by atoms with Crippen molar-refractivity contribution in [1.29, 1.82) is 0 Å². The summed E-state index contributed by atoms with van der Waals surface area (Å²) in [6, 6.07) is 22.9. The molecule has 1 aliphatic rings. The molecule has 43 heavy (non-hydrogen) atoms. The van der Waals surface area contributed by atoms with Crippen molar-refractivity contribution in [3.63, 3.8) is 0 Å². The fraction of sp³-hybridized carbons (Fsp3) is 0.121. The number of benzene rings is 4. The van der Waals surface area contributed by atoms with Crippen molar-refractivity contribution < 1.29 is 28.2 Å². The van der Waals surface area contributed by atoms with Gasteiger partial charge in [-0.3, -0.25) is 0 Å². The fourth-order valence-electron chi connectivity index (χ4n) is 5.40. The Kier molecular flexibility index (Phi) is 6.40. The number of aromatic carboxylic acids is 1. The number of oxazole rings is 1. The Morgan fingerprint density at radius 3 is 2.63 bits per heavy atom. The first-order valence-corrected chi connectivity index (χ1v) is 13.8. The van der Waals surface area contributed by atoms with Gasteiger partial charge in [0.15, 0.2) is 17.9 Å². The van der Waals surface area contributed by atoms with Crippen LogP contribution >= 0.6 is 11.6 Å². The van der Waals surface area contributed by atoms with Crippen LogP contribution in [-0.4, -0.2) is 25.6 Å². The summed E-state index contributed by atoms with van der Waals surface area (Å²) < 4.78 is 34.6. The van der Waals surface area contributed by atoms with E-state index in [9.17, 15) is 14.3 Å². The zero-order valence-corrected chi connectivity index (χ0v) is 23.5. The topological polar surface area (TPSA) is 99.6 Å². The third kappa shape index (κ3) is 4.87. The van der Waals surface area contributed by atoms with Gasteiger partial charge in [0.05, 0.1) is 34.9 Å². The van der Waals surface area contributed by atoms with Crippen molar-refractivity contribution in [1.82, 2.24) is 14.5 Å². The summed E-state index contributed by atoms with van der Waals surface area (Å²) >= 11 is 5.95. The predicted octanol–water partition coefficient (Wildman–Crippen LogP) is 7.47. The highest BCUT2D eigenvalue weighted by molar-refractivity contribution is 6.30. The van der Waals surface area contributed by atoms with Crippen LogP contribution in [0.5, 0.6) is 11.5 Å². The van der Waals surface area contributed by atoms with Crippen LogP contribution in [0.25, 0.3) is 22.2 Å². The van der Waals surface area contributed by atoms with E-state index < -0.39 is 17.6 Å². The van der Waals surface area contributed by atoms with Crippen LogP contribution < -0.4 is 9.47 Å². The fourth-order valence-corrected chi connectivity index (χ4v) is 5.56. The number of ether oxygens (including phenoxy) is 2. The second-order valence-corrected chi connectivity index (χ2v) is 10.8. The van der Waals surface area contributed by atoms with E-state index in [1.807, 2.05) is 41.0 Å². The van der Waals surface area contributed by atoms with Crippen LogP contribution in [0.1, 0.15) is 40.0 Å². The first-order chi connectivity index (χ1) is 20.8. The maximum Gasteiger partial charge on any atom is 0.335 e. The first kappa shape index (κ1) is 26.7. The molecular weight excluding hydrogens is 573 g/mol. The minimum absolute atomic E-state index is 0.179. The van der Waals surface area contributed by atoms with Gasteiger partial charge in [0.25, 0.3) is 5.79 Å². The molecule has 1 N–H and O–H groups in total. The highest BCUT2D eigenvalue weighted by Crippen LogP contribution is 2.49. The van der Waals surface area contributed by atoms with Gasteiger partial charge in [-0.25, -0.2) is 19.2 Å². The zero-order valence-electron chi connectivity index (χ0n) is 22.8. The number of para-hydroxylation sites is 1. The normalized spacial score (nSPS) is 15.7. The van der Waals surface area contributed by atoms with Crippen molar-refractivity contribution in [2.45, 2.75) is 25.7 Å². The SMILES string of the molecule is CC1(c2ccc(Cl)cc2F)Oc2cccc(-c3ccc(Cc4nc5ccc(C(=O)O)cc5n4Cc4cnco4)cc3)c2O1. The Hall–Kier alpha value is -5.15. The maximum atomic E-state index is 14.8. The molecule has 10 heteroatoms. The van der Waals surface area contributed by atoms with Gasteiger partial charge in [-0.15, -0.1) is 0 Å². The number of halogens is 2. The van der Waals surface area contributed by atoms with Gasteiger partial charge in [0.1, 0.15) is 17.4 Å². The number of hydrogen-bond acceptors (Lipinski definition) is 6. The number of rotatable bonds is 7. The lowest BCUT2D eigenvalue weighted by molar-refractivity contribution is -0.0705. The van der Waals surface area contributed by atoms with Crippen LogP contribution in [0.2, 0.25) is 5.02 Å². The number of hydrogen-bond donors (Lipinski definition) is 1. The molecule has 6 aromatic rings. The van der Waals surface area contributed by atoms with E-state index in [1.54, 1.807) is 49.5 Å². The molecule has 0 amide bonds. The molecule has 1 unspecified atom stereocenters. The van der Waals surface area contributed by atoms with Gasteiger partial charge in [-0.05, 0) is 53.6 Å². The van der Waals surface area contributed by atoms with Gasteiger partial charge in [-0.2, -0.15) is 0 Å². The van der Waals surface area contributed by atoms with Gasteiger partial charge in [-0.1, -0.05) is 48.0 Å². The van der Waals surface area contributed by atoms with E-state index in [1.165, 1.54) is 12.5 Å². The lowest BCUT2D eigenvalue weighted by Gasteiger charge is -2.24. The molecule has 3 heterocycles. The average molecular weight is 596 g/mol. The molecule has 0 bridgehead atoms. The van der Waals surface area contributed by atoms with Crippen LogP contribution in [0.4, 0.5) is 4.39 Å². The molecule has 2 aromatic heterocycles. The molecule has 8 nitrogen and oxygen atoms in total. The molecule has 0 radical (unpaired) electrons. The van der Waals surface area contributed by atoms with E-state index in [2.05, 4.69) is 4.98 Å². The van der Waals surface area contributed by atoms with Crippen molar-refractivity contribution in [3.8, 4) is 22.6 Å². The van der Waals surface area contributed by atoms with Gasteiger partial charge in [0, 0.05) is 23.9 Å². The molecule has 0 spiro atoms. The Balaban J connectivity index is 1.19. The zero-order chi connectivity index (χ0) is 29.7. The molecule has 1 atom stereocenters. The van der Waals surface area contributed by atoms with Crippen molar-refractivity contribution in [3.05, 3.63) is 131 Å². The van der Waals surface area contributed by atoms with E-state index >= 15 is 0 Å². The molecule has 4 aromatic carbocycles. The smallest absolute Gasteiger partial charge is 0.335 e. The van der Waals surface area contributed by atoms with Crippen molar-refractivity contribution >= 4 is 28.6 Å². The van der Waals surface area contributed by atoms with Crippen LogP contribution in [0.15, 0.2) is 95.9 Å². The number of nitrogens with zero attached hydrogens (tertiary/aromatic N) is 3. The molecule has 0 saturated carbocycles. The van der Waals surface area contributed by atoms with Crippen LogP contribution in [0.3, 0.4) is 0 Å². The van der Waals surface area contributed by atoms with E-state index in [-0.39, 0.29) is 11.1 Å². The number of carboxylic acids is 1. The Morgan fingerprint density at radius 2 is 1.88 bits per heavy atom. The number of imidazole rings is 1. The molecule has 7 rings (SSSR count). The first-order valence-electron chi connectivity index (χ1n) is 13.4. The van der Waals surface area contributed by atoms with E-state index in [4.69, 9.17) is 30.5 Å². The molecule has 214 valence electrons.